The van der Waals surface area contributed by atoms with Crippen LogP contribution in [0.15, 0.2) is 0 Å². The van der Waals surface area contributed by atoms with Crippen LogP contribution in [0.2, 0.25) is 0 Å². The first-order valence-corrected chi connectivity index (χ1v) is 17.6. The first-order valence-electron chi connectivity index (χ1n) is 15.1. The smallest absolute Gasteiger partial charge is 0.326 e. The summed E-state index contributed by atoms with van der Waals surface area (Å²) in [5, 5.41) is 46.6. The molecule has 0 fully saturated rings. The van der Waals surface area contributed by atoms with Gasteiger partial charge in [-0.3, -0.25) is 28.8 Å². The number of carbonyl (C=O) groups excluding carboxylic acids is 4. The van der Waals surface area contributed by atoms with E-state index < -0.39 is 95.6 Å². The maximum absolute atomic E-state index is 13.1. The Balaban J connectivity index is 5.67. The monoisotopic (exact) mass is 724 g/mol. The van der Waals surface area contributed by atoms with E-state index in [2.05, 4.69) is 21.3 Å². The second-order valence-electron chi connectivity index (χ2n) is 11.6. The number of nitrogens with one attached hydrogen (secondary N) is 4. The molecule has 0 aromatic carbocycles. The van der Waals surface area contributed by atoms with Crippen LogP contribution in [0.1, 0.15) is 66.2 Å². The van der Waals surface area contributed by atoms with Crippen LogP contribution in [0.5, 0.6) is 0 Å². The van der Waals surface area contributed by atoms with Crippen LogP contribution in [0.3, 0.4) is 0 Å². The topological polar surface area (TPSA) is 318 Å². The summed E-state index contributed by atoms with van der Waals surface area (Å²) < 4.78 is 0. The van der Waals surface area contributed by atoms with Crippen molar-refractivity contribution in [1.82, 2.24) is 21.3 Å². The molecule has 0 aliphatic heterocycles. The summed E-state index contributed by atoms with van der Waals surface area (Å²) in [6.07, 6.45) is -0.125. The molecule has 1 unspecified atom stereocenters. The van der Waals surface area contributed by atoms with Crippen LogP contribution in [-0.2, 0) is 38.4 Å². The number of carbonyl (C=O) groups is 8. The lowest BCUT2D eigenvalue weighted by molar-refractivity contribution is -0.143. The molecule has 0 aliphatic carbocycles. The maximum atomic E-state index is 13.1. The molecule has 4 amide bonds. The summed E-state index contributed by atoms with van der Waals surface area (Å²) in [6, 6.07) is -7.38. The summed E-state index contributed by atoms with van der Waals surface area (Å²) in [5.74, 6) is -9.12. The molecule has 274 valence electrons. The molecule has 0 rings (SSSR count). The van der Waals surface area contributed by atoms with Crippen molar-refractivity contribution < 1.29 is 58.8 Å². The SMILES string of the molecule is CC(C)[C@@H](NC(=O)C(CSSC[C@H](NC(=O)CCC[C@H](N)C(=O)O)C(=O)N[C@@H](C(=O)O)C(C)C)NC(=O)CCC[C@H](N)C(=O)O)C(=O)O. The van der Waals surface area contributed by atoms with E-state index in [0.29, 0.717) is 0 Å². The molecule has 12 N–H and O–H groups in total. The Kier molecular flexibility index (Phi) is 21.1. The van der Waals surface area contributed by atoms with E-state index in [-0.39, 0.29) is 50.0 Å². The lowest BCUT2D eigenvalue weighted by Crippen LogP contribution is -2.54. The van der Waals surface area contributed by atoms with Crippen LogP contribution in [0.25, 0.3) is 0 Å². The molecule has 20 heteroatoms. The molecule has 0 aliphatic rings. The highest BCUT2D eigenvalue weighted by molar-refractivity contribution is 8.76. The predicted octanol–water partition coefficient (Wildman–Crippen LogP) is -1.05. The molecular formula is C28H48N6O12S2. The zero-order valence-electron chi connectivity index (χ0n) is 27.3. The molecule has 0 saturated heterocycles. The van der Waals surface area contributed by atoms with E-state index in [1.54, 1.807) is 27.7 Å². The molecule has 0 radical (unpaired) electrons. The molecule has 0 aromatic rings. The van der Waals surface area contributed by atoms with Crippen molar-refractivity contribution in [2.24, 2.45) is 23.3 Å². The van der Waals surface area contributed by atoms with Crippen molar-refractivity contribution in [1.29, 1.82) is 0 Å². The molecule has 18 nitrogen and oxygen atoms in total. The second kappa shape index (κ2) is 22.9. The molecule has 0 heterocycles. The van der Waals surface area contributed by atoms with Gasteiger partial charge in [0, 0.05) is 24.3 Å². The Morgan fingerprint density at radius 3 is 1.10 bits per heavy atom. The van der Waals surface area contributed by atoms with Crippen LogP contribution in [0, 0.1) is 11.8 Å². The summed E-state index contributed by atoms with van der Waals surface area (Å²) in [6.45, 7) is 6.32. The van der Waals surface area contributed by atoms with Gasteiger partial charge in [0.15, 0.2) is 0 Å². The minimum atomic E-state index is -1.29. The zero-order valence-corrected chi connectivity index (χ0v) is 28.9. The minimum absolute atomic E-state index is 0.000262. The van der Waals surface area contributed by atoms with Gasteiger partial charge in [0.2, 0.25) is 23.6 Å². The van der Waals surface area contributed by atoms with Crippen LogP contribution < -0.4 is 32.7 Å². The first kappa shape index (κ1) is 44.4. The summed E-state index contributed by atoms with van der Waals surface area (Å²) in [5.41, 5.74) is 10.9. The number of amides is 4. The Labute approximate surface area is 286 Å². The van der Waals surface area contributed by atoms with Crippen molar-refractivity contribution in [2.75, 3.05) is 11.5 Å². The quantitative estimate of drug-likeness (QED) is 0.0397. The van der Waals surface area contributed by atoms with Crippen molar-refractivity contribution >= 4 is 69.1 Å². The minimum Gasteiger partial charge on any atom is -0.480 e. The van der Waals surface area contributed by atoms with E-state index in [4.69, 9.17) is 21.7 Å². The van der Waals surface area contributed by atoms with Gasteiger partial charge in [0.1, 0.15) is 36.3 Å². The van der Waals surface area contributed by atoms with Crippen LogP contribution in [-0.4, -0.2) is 116 Å². The summed E-state index contributed by atoms with van der Waals surface area (Å²) >= 11 is 0. The van der Waals surface area contributed by atoms with E-state index in [0.717, 1.165) is 21.6 Å². The lowest BCUT2D eigenvalue weighted by Gasteiger charge is -2.24. The molecule has 0 spiro atoms. The van der Waals surface area contributed by atoms with Crippen LogP contribution in [0.4, 0.5) is 0 Å². The number of nitrogens with two attached hydrogens (primary N) is 2. The summed E-state index contributed by atoms with van der Waals surface area (Å²) in [7, 11) is 2.01. The molecule has 0 bridgehead atoms. The highest BCUT2D eigenvalue weighted by Gasteiger charge is 2.31. The second-order valence-corrected chi connectivity index (χ2v) is 14.2. The lowest BCUT2D eigenvalue weighted by atomic mass is 10.0. The molecule has 0 aromatic heterocycles. The fraction of sp³-hybridized carbons (Fsp3) is 0.714. The van der Waals surface area contributed by atoms with Gasteiger partial charge in [0.25, 0.3) is 0 Å². The average Bonchev–Trinajstić information content (AvgIpc) is 2.98. The fourth-order valence-corrected chi connectivity index (χ4v) is 6.21. The van der Waals surface area contributed by atoms with Gasteiger partial charge in [-0.25, -0.2) is 9.59 Å². The standard InChI is InChI=1S/C28H48N6O12S2/c1-13(2)21(27(43)44)33-23(37)17(31-19(35)9-5-7-15(29)25(39)40)11-47-48-12-18(24(38)34-22(14(3)4)28(45)46)32-20(36)10-6-8-16(30)26(41)42/h13-18,21-22H,5-12,29-30H2,1-4H3,(H,31,35)(H,32,36)(H,33,37)(H,34,38)(H,39,40)(H,41,42)(H,43,44)(H,45,46)/t15-,16-,17-,18?,21+,22+/m0/s1. The fourth-order valence-electron chi connectivity index (χ4n) is 3.88. The van der Waals surface area contributed by atoms with Gasteiger partial charge in [-0.1, -0.05) is 49.3 Å². The molecule has 0 saturated carbocycles. The van der Waals surface area contributed by atoms with E-state index >= 15 is 0 Å². The highest BCUT2D eigenvalue weighted by Crippen LogP contribution is 2.24. The number of rotatable bonds is 25. The van der Waals surface area contributed by atoms with E-state index in [9.17, 15) is 48.6 Å². The third kappa shape index (κ3) is 18.1. The third-order valence-electron chi connectivity index (χ3n) is 6.79. The number of hydrogen-bond donors (Lipinski definition) is 10. The van der Waals surface area contributed by atoms with Crippen molar-refractivity contribution in [3.05, 3.63) is 0 Å². The number of carboxylic acid groups (broad SMARTS) is 4. The Morgan fingerprint density at radius 1 is 0.542 bits per heavy atom. The number of aliphatic carboxylic acids is 4. The molecule has 6 atom stereocenters. The number of carboxylic acids is 4. The first-order chi connectivity index (χ1) is 22.3. The highest BCUT2D eigenvalue weighted by atomic mass is 33.1. The average molecular weight is 725 g/mol. The van der Waals surface area contributed by atoms with Crippen molar-refractivity contribution in [3.8, 4) is 0 Å². The maximum Gasteiger partial charge on any atom is 0.326 e. The third-order valence-corrected chi connectivity index (χ3v) is 9.21. The van der Waals surface area contributed by atoms with Crippen molar-refractivity contribution in [3.63, 3.8) is 0 Å². The Bertz CT molecular complexity index is 1060. The zero-order chi connectivity index (χ0) is 37.1. The van der Waals surface area contributed by atoms with Gasteiger partial charge < -0.3 is 53.2 Å². The Hall–Kier alpha value is -3.62. The van der Waals surface area contributed by atoms with E-state index in [1.165, 1.54) is 0 Å². The van der Waals surface area contributed by atoms with Gasteiger partial charge in [-0.2, -0.15) is 0 Å². The molecule has 48 heavy (non-hydrogen) atoms. The van der Waals surface area contributed by atoms with Gasteiger partial charge >= 0.3 is 23.9 Å². The van der Waals surface area contributed by atoms with Crippen molar-refractivity contribution in [2.45, 2.75) is 102 Å². The van der Waals surface area contributed by atoms with Gasteiger partial charge in [0.05, 0.1) is 0 Å². The molecular weight excluding hydrogens is 676 g/mol. The normalized spacial score (nSPS) is 14.9. The Morgan fingerprint density at radius 2 is 0.854 bits per heavy atom. The van der Waals surface area contributed by atoms with Crippen LogP contribution >= 0.6 is 21.6 Å². The van der Waals surface area contributed by atoms with Gasteiger partial charge in [-0.05, 0) is 37.5 Å². The largest absolute Gasteiger partial charge is 0.480 e. The van der Waals surface area contributed by atoms with E-state index in [1.807, 2.05) is 0 Å². The van der Waals surface area contributed by atoms with Gasteiger partial charge in [-0.15, -0.1) is 0 Å². The predicted molar refractivity (Wildman–Crippen MR) is 177 cm³/mol. The number of hydrogen-bond acceptors (Lipinski definition) is 12. The summed E-state index contributed by atoms with van der Waals surface area (Å²) in [4.78, 5) is 96.4.